The molecule has 36 heavy (non-hydrogen) atoms. The molecule has 1 saturated carbocycles. The summed E-state index contributed by atoms with van der Waals surface area (Å²) in [4.78, 5) is 17.1. The van der Waals surface area contributed by atoms with E-state index in [9.17, 15) is 4.79 Å². The number of aliphatic imine (C=N–C) groups is 1. The normalized spacial score (nSPS) is 16.7. The number of benzene rings is 1. The lowest BCUT2D eigenvalue weighted by molar-refractivity contribution is -0.170. The molecule has 0 N–H and O–H groups in total. The number of carbonyl (C=O) groups excluding carboxylic acids is 1. The summed E-state index contributed by atoms with van der Waals surface area (Å²) in [5, 5.41) is 5.10. The smallest absolute Gasteiger partial charge is 0.311 e. The maximum absolute atomic E-state index is 12.8. The van der Waals surface area contributed by atoms with Crippen LogP contribution < -0.4 is 0 Å². The second-order valence-electron chi connectivity index (χ2n) is 10.5. The molecule has 1 heterocycles. The van der Waals surface area contributed by atoms with Crippen LogP contribution in [-0.4, -0.2) is 35.3 Å². The Balaban J connectivity index is 2.07. The standard InChI is InChI=1S/C29H40ClN3O3/c1-8-33-26(25(30)19(2)32-33)27(35-20(3)36-28(34)22-12-10-9-11-13-22)24(18-31-7)21-14-16-23(17-15-21)29(4,5)6/h14-18,20,22H,8-13H2,1-7H3/b27-24-,31-18-. The van der Waals surface area contributed by atoms with E-state index in [1.165, 1.54) is 12.0 Å². The monoisotopic (exact) mass is 513 g/mol. The fourth-order valence-electron chi connectivity index (χ4n) is 4.58. The van der Waals surface area contributed by atoms with Gasteiger partial charge in [-0.3, -0.25) is 14.5 Å². The van der Waals surface area contributed by atoms with Gasteiger partial charge >= 0.3 is 5.97 Å². The van der Waals surface area contributed by atoms with Crippen LogP contribution >= 0.6 is 11.6 Å². The summed E-state index contributed by atoms with van der Waals surface area (Å²) >= 11 is 6.77. The van der Waals surface area contributed by atoms with Gasteiger partial charge in [-0.05, 0) is 43.2 Å². The summed E-state index contributed by atoms with van der Waals surface area (Å²) in [6.07, 6.45) is 6.00. The van der Waals surface area contributed by atoms with Crippen LogP contribution in [0.4, 0.5) is 0 Å². The molecule has 0 bridgehead atoms. The molecule has 6 nitrogen and oxygen atoms in total. The maximum atomic E-state index is 12.8. The molecule has 1 aromatic carbocycles. The van der Waals surface area contributed by atoms with E-state index in [4.69, 9.17) is 21.1 Å². The van der Waals surface area contributed by atoms with Crippen molar-refractivity contribution in [2.75, 3.05) is 7.05 Å². The summed E-state index contributed by atoms with van der Waals surface area (Å²) in [5.41, 5.74) is 4.28. The number of aromatic nitrogens is 2. The number of esters is 1. The molecule has 2 aromatic rings. The average Bonchev–Trinajstić information content (AvgIpc) is 3.14. The Hall–Kier alpha value is -2.60. The Morgan fingerprint density at radius 1 is 1.19 bits per heavy atom. The van der Waals surface area contributed by atoms with E-state index in [0.717, 1.165) is 36.8 Å². The first-order valence-electron chi connectivity index (χ1n) is 12.9. The van der Waals surface area contributed by atoms with Crippen LogP contribution in [0.3, 0.4) is 0 Å². The second-order valence-corrected chi connectivity index (χ2v) is 10.9. The van der Waals surface area contributed by atoms with Gasteiger partial charge < -0.3 is 9.47 Å². The first kappa shape index (κ1) is 28.0. The molecule has 1 fully saturated rings. The highest BCUT2D eigenvalue weighted by atomic mass is 35.5. The van der Waals surface area contributed by atoms with Gasteiger partial charge in [-0.1, -0.05) is 75.9 Å². The highest BCUT2D eigenvalue weighted by Crippen LogP contribution is 2.35. The molecule has 1 aromatic heterocycles. The van der Waals surface area contributed by atoms with Crippen LogP contribution in [0.5, 0.6) is 0 Å². The minimum absolute atomic E-state index is 0.0314. The zero-order valence-electron chi connectivity index (χ0n) is 22.7. The molecule has 7 heteroatoms. The van der Waals surface area contributed by atoms with Crippen molar-refractivity contribution in [3.05, 3.63) is 51.8 Å². The maximum Gasteiger partial charge on any atom is 0.311 e. The summed E-state index contributed by atoms with van der Waals surface area (Å²) in [5.74, 6) is 0.222. The number of ether oxygens (including phenoxy) is 2. The Bertz CT molecular complexity index is 1100. The summed E-state index contributed by atoms with van der Waals surface area (Å²) in [7, 11) is 1.72. The third-order valence-electron chi connectivity index (χ3n) is 6.64. The van der Waals surface area contributed by atoms with E-state index in [0.29, 0.717) is 28.7 Å². The van der Waals surface area contributed by atoms with Crippen LogP contribution in [0.2, 0.25) is 5.02 Å². The van der Waals surface area contributed by atoms with E-state index >= 15 is 0 Å². The summed E-state index contributed by atoms with van der Waals surface area (Å²) < 4.78 is 14.0. The largest absolute Gasteiger partial charge is 0.452 e. The first-order chi connectivity index (χ1) is 17.1. The summed E-state index contributed by atoms with van der Waals surface area (Å²) in [6, 6.07) is 8.36. The molecule has 3 rings (SSSR count). The zero-order chi connectivity index (χ0) is 26.5. The molecule has 196 valence electrons. The van der Waals surface area contributed by atoms with Crippen molar-refractivity contribution in [3.63, 3.8) is 0 Å². The van der Waals surface area contributed by atoms with Gasteiger partial charge in [0.25, 0.3) is 0 Å². The number of nitrogens with zero attached hydrogens (tertiary/aromatic N) is 3. The van der Waals surface area contributed by atoms with E-state index < -0.39 is 6.29 Å². The van der Waals surface area contributed by atoms with Crippen LogP contribution in [0, 0.1) is 12.8 Å². The number of allylic oxidation sites excluding steroid dienone is 1. The molecule has 0 saturated heterocycles. The van der Waals surface area contributed by atoms with Gasteiger partial charge in [0.05, 0.1) is 16.6 Å². The number of rotatable bonds is 8. The number of aryl methyl sites for hydroxylation is 2. The van der Waals surface area contributed by atoms with Gasteiger partial charge in [-0.25, -0.2) is 0 Å². The molecular formula is C29H40ClN3O3. The van der Waals surface area contributed by atoms with Crippen molar-refractivity contribution < 1.29 is 14.3 Å². The van der Waals surface area contributed by atoms with Crippen LogP contribution in [0.1, 0.15) is 89.2 Å². The average molecular weight is 514 g/mol. The van der Waals surface area contributed by atoms with Gasteiger partial charge in [-0.2, -0.15) is 5.10 Å². The Labute approximate surface area is 220 Å². The Morgan fingerprint density at radius 2 is 1.83 bits per heavy atom. The van der Waals surface area contributed by atoms with Crippen molar-refractivity contribution >= 4 is 35.1 Å². The van der Waals surface area contributed by atoms with Gasteiger partial charge in [0.15, 0.2) is 5.76 Å². The molecule has 1 atom stereocenters. The Morgan fingerprint density at radius 3 is 2.39 bits per heavy atom. The lowest BCUT2D eigenvalue weighted by Gasteiger charge is -2.25. The van der Waals surface area contributed by atoms with E-state index in [1.807, 2.05) is 18.5 Å². The van der Waals surface area contributed by atoms with Crippen molar-refractivity contribution in [3.8, 4) is 0 Å². The quantitative estimate of drug-likeness (QED) is 0.162. The van der Waals surface area contributed by atoms with Crippen LogP contribution in [0.25, 0.3) is 11.3 Å². The minimum atomic E-state index is -0.805. The predicted octanol–water partition coefficient (Wildman–Crippen LogP) is 7.22. The molecule has 1 aliphatic carbocycles. The van der Waals surface area contributed by atoms with Gasteiger partial charge in [0.2, 0.25) is 6.29 Å². The van der Waals surface area contributed by atoms with Gasteiger partial charge in [-0.15, -0.1) is 0 Å². The highest BCUT2D eigenvalue weighted by Gasteiger charge is 2.28. The third kappa shape index (κ3) is 6.58. The SMILES string of the molecule is CCn1nc(C)c(Cl)c1/C(OC(C)OC(=O)C1CCCCC1)=C(\C=N/C)c1ccc(C(C)(C)C)cc1. The number of hydrogen-bond donors (Lipinski definition) is 0. The molecule has 0 spiro atoms. The van der Waals surface area contributed by atoms with Gasteiger partial charge in [0.1, 0.15) is 5.69 Å². The minimum Gasteiger partial charge on any atom is -0.452 e. The second kappa shape index (κ2) is 12.1. The Kier molecular flexibility index (Phi) is 9.40. The number of hydrogen-bond acceptors (Lipinski definition) is 5. The fraction of sp³-hybridized carbons (Fsp3) is 0.552. The number of halogens is 1. The van der Waals surface area contributed by atoms with Crippen molar-refractivity contribution in [1.29, 1.82) is 0 Å². The van der Waals surface area contributed by atoms with E-state index in [-0.39, 0.29) is 17.3 Å². The molecular weight excluding hydrogens is 474 g/mol. The van der Waals surface area contributed by atoms with Gasteiger partial charge in [0, 0.05) is 32.3 Å². The fourth-order valence-corrected chi connectivity index (χ4v) is 4.80. The van der Waals surface area contributed by atoms with Crippen molar-refractivity contribution in [2.45, 2.75) is 91.9 Å². The topological polar surface area (TPSA) is 65.7 Å². The third-order valence-corrected chi connectivity index (χ3v) is 7.09. The molecule has 0 radical (unpaired) electrons. The highest BCUT2D eigenvalue weighted by molar-refractivity contribution is 6.33. The lowest BCUT2D eigenvalue weighted by atomic mass is 9.86. The van der Waals surface area contributed by atoms with Crippen LogP contribution in [-0.2, 0) is 26.2 Å². The van der Waals surface area contributed by atoms with Crippen molar-refractivity contribution in [1.82, 2.24) is 9.78 Å². The predicted molar refractivity (Wildman–Crippen MR) is 147 cm³/mol. The van der Waals surface area contributed by atoms with E-state index in [2.05, 4.69) is 55.1 Å². The molecule has 1 unspecified atom stereocenters. The molecule has 0 amide bonds. The molecule has 0 aliphatic heterocycles. The van der Waals surface area contributed by atoms with Crippen molar-refractivity contribution in [2.24, 2.45) is 10.9 Å². The molecule has 1 aliphatic rings. The zero-order valence-corrected chi connectivity index (χ0v) is 23.5. The van der Waals surface area contributed by atoms with Crippen LogP contribution in [0.15, 0.2) is 29.3 Å². The summed E-state index contributed by atoms with van der Waals surface area (Å²) in [6.45, 7) is 12.8. The number of carbonyl (C=O) groups is 1. The first-order valence-corrected chi connectivity index (χ1v) is 13.3. The van der Waals surface area contributed by atoms with E-state index in [1.54, 1.807) is 20.2 Å². The lowest BCUT2D eigenvalue weighted by Crippen LogP contribution is -2.26.